The van der Waals surface area contributed by atoms with Gasteiger partial charge in [-0.05, 0) is 170 Å². The van der Waals surface area contributed by atoms with Crippen LogP contribution in [0.3, 0.4) is 0 Å². The van der Waals surface area contributed by atoms with E-state index < -0.39 is 11.1 Å². The van der Waals surface area contributed by atoms with Crippen LogP contribution in [0.15, 0.2) is 194 Å². The van der Waals surface area contributed by atoms with E-state index in [9.17, 15) is 0 Å². The van der Waals surface area contributed by atoms with E-state index in [0.717, 1.165) is 31.4 Å². The minimum absolute atomic E-state index is 0.00318. The van der Waals surface area contributed by atoms with Crippen LogP contribution < -0.4 is 31.1 Å². The summed E-state index contributed by atoms with van der Waals surface area (Å²) in [5.74, 6) is 0. The number of anilines is 7. The smallest absolute Gasteiger partial charge is 0.252 e. The van der Waals surface area contributed by atoms with Crippen molar-refractivity contribution in [1.29, 1.82) is 0 Å². The predicted octanol–water partition coefficient (Wildman–Crippen LogP) is 16.8. The molecule has 0 spiro atoms. The highest BCUT2D eigenvalue weighted by molar-refractivity contribution is 7.00. The number of hydrogen-bond donors (Lipinski definition) is 0. The van der Waals surface area contributed by atoms with Crippen molar-refractivity contribution in [3.63, 3.8) is 0 Å². The van der Waals surface area contributed by atoms with Crippen molar-refractivity contribution in [2.75, 3.05) is 14.7 Å². The van der Waals surface area contributed by atoms with Gasteiger partial charge in [0.05, 0.1) is 11.1 Å². The minimum Gasteiger partial charge on any atom is -0.331 e. The first kappa shape index (κ1) is 47.6. The molecule has 78 heavy (non-hydrogen) atoms. The van der Waals surface area contributed by atoms with Gasteiger partial charge in [0.2, 0.25) is 0 Å². The van der Waals surface area contributed by atoms with Gasteiger partial charge in [-0.2, -0.15) is 0 Å². The van der Waals surface area contributed by atoms with E-state index in [0.29, 0.717) is 0 Å². The molecule has 384 valence electrons. The Labute approximate surface area is 463 Å². The largest absolute Gasteiger partial charge is 0.331 e. The molecule has 0 aromatic heterocycles. The van der Waals surface area contributed by atoms with Gasteiger partial charge in [-0.25, -0.2) is 0 Å². The van der Waals surface area contributed by atoms with E-state index in [1.807, 2.05) is 0 Å². The van der Waals surface area contributed by atoms with Crippen LogP contribution in [-0.2, 0) is 45.6 Å². The van der Waals surface area contributed by atoms with Crippen molar-refractivity contribution in [2.45, 2.75) is 128 Å². The molecule has 9 aromatic rings. The van der Waals surface area contributed by atoms with Crippen LogP contribution in [-0.4, -0.2) is 6.71 Å². The maximum atomic E-state index is 2.92. The van der Waals surface area contributed by atoms with Crippen LogP contribution in [0.2, 0.25) is 0 Å². The number of rotatable bonds is 4. The molecule has 15 rings (SSSR count). The zero-order valence-corrected chi connectivity index (χ0v) is 47.2. The summed E-state index contributed by atoms with van der Waals surface area (Å²) in [6, 6.07) is 75.7. The molecule has 2 aliphatic carbocycles. The number of nitrogens with zero attached hydrogens (tertiary/aromatic N) is 3. The Kier molecular flexibility index (Phi) is 9.79. The Hall–Kier alpha value is -7.56. The average molecular weight is 1010 g/mol. The Morgan fingerprint density at radius 2 is 0.897 bits per heavy atom. The lowest BCUT2D eigenvalue weighted by molar-refractivity contribution is 0.244. The third kappa shape index (κ3) is 6.18. The van der Waals surface area contributed by atoms with Gasteiger partial charge < -0.3 is 14.7 Å². The highest BCUT2D eigenvalue weighted by atomic mass is 15.3. The molecule has 3 nitrogen and oxygen atoms in total. The van der Waals surface area contributed by atoms with Crippen molar-refractivity contribution >= 4 is 62.9 Å². The van der Waals surface area contributed by atoms with Gasteiger partial charge in [0.15, 0.2) is 0 Å². The van der Waals surface area contributed by atoms with E-state index in [4.69, 9.17) is 0 Å². The van der Waals surface area contributed by atoms with E-state index in [1.165, 1.54) is 117 Å². The first-order valence-corrected chi connectivity index (χ1v) is 28.9. The molecule has 0 bridgehead atoms. The van der Waals surface area contributed by atoms with Gasteiger partial charge in [0, 0.05) is 50.6 Å². The first-order valence-electron chi connectivity index (χ1n) is 28.9. The molecule has 0 radical (unpaired) electrons. The van der Waals surface area contributed by atoms with E-state index in [1.54, 1.807) is 0 Å². The third-order valence-electron chi connectivity index (χ3n) is 20.8. The van der Waals surface area contributed by atoms with Gasteiger partial charge in [-0.3, -0.25) is 0 Å². The van der Waals surface area contributed by atoms with Gasteiger partial charge in [0.1, 0.15) is 0 Å². The molecule has 0 saturated carbocycles. The van der Waals surface area contributed by atoms with Crippen LogP contribution in [0, 0.1) is 0 Å². The summed E-state index contributed by atoms with van der Waals surface area (Å²) < 4.78 is 0. The van der Waals surface area contributed by atoms with Crippen LogP contribution in [0.25, 0.3) is 22.3 Å². The zero-order chi connectivity index (χ0) is 53.5. The molecule has 4 heteroatoms. The molecule has 4 aliphatic heterocycles. The Bertz CT molecular complexity index is 3980. The van der Waals surface area contributed by atoms with Gasteiger partial charge >= 0.3 is 0 Å². The highest BCUT2D eigenvalue weighted by Gasteiger charge is 2.65. The summed E-state index contributed by atoms with van der Waals surface area (Å²) in [4.78, 5) is 8.40. The van der Waals surface area contributed by atoms with Crippen molar-refractivity contribution in [1.82, 2.24) is 0 Å². The summed E-state index contributed by atoms with van der Waals surface area (Å²) in [5.41, 5.74) is 28.4. The van der Waals surface area contributed by atoms with E-state index >= 15 is 0 Å². The van der Waals surface area contributed by atoms with Crippen LogP contribution >= 0.6 is 0 Å². The van der Waals surface area contributed by atoms with Crippen LogP contribution in [0.5, 0.6) is 0 Å². The van der Waals surface area contributed by atoms with Gasteiger partial charge in [0.25, 0.3) is 6.71 Å². The summed E-state index contributed by atoms with van der Waals surface area (Å²) in [7, 11) is 0. The van der Waals surface area contributed by atoms with Crippen molar-refractivity contribution in [2.24, 2.45) is 0 Å². The maximum absolute atomic E-state index is 2.92. The van der Waals surface area contributed by atoms with E-state index in [2.05, 4.69) is 278 Å². The van der Waals surface area contributed by atoms with Crippen LogP contribution in [0.4, 0.5) is 39.8 Å². The highest BCUT2D eigenvalue weighted by Crippen LogP contribution is 2.68. The second-order valence-corrected chi connectivity index (χ2v) is 26.7. The number of aryl methyl sites for hydroxylation is 2. The molecule has 0 N–H and O–H groups in total. The maximum Gasteiger partial charge on any atom is 0.252 e. The second-order valence-electron chi connectivity index (χ2n) is 26.7. The molecular formula is C74H70BN3. The molecule has 0 amide bonds. The number of benzene rings is 9. The summed E-state index contributed by atoms with van der Waals surface area (Å²) >= 11 is 0. The topological polar surface area (TPSA) is 9.72 Å². The SMILES string of the molecule is CC(C)(C)c1ccc2c(c1)C1(C)CCc3ccccc3C1(C)N2c1cc2c3c(c1)N1c4c(cc(C(C)(C)C)cc4C4(C)CCc5ccccc5C14C)B3c1cc(-c3ccccc3)ccc1N2c1ccc(-c2ccccc2)cc1. The molecule has 4 heterocycles. The van der Waals surface area contributed by atoms with E-state index in [-0.39, 0.29) is 28.4 Å². The molecule has 9 aromatic carbocycles. The summed E-state index contributed by atoms with van der Waals surface area (Å²) in [6.07, 6.45) is 4.25. The molecule has 6 aliphatic rings. The van der Waals surface area contributed by atoms with Gasteiger partial charge in [-0.1, -0.05) is 213 Å². The first-order chi connectivity index (χ1) is 37.4. The summed E-state index contributed by atoms with van der Waals surface area (Å²) in [5, 5.41) is 0. The average Bonchev–Trinajstić information content (AvgIpc) is 3.85. The molecule has 4 atom stereocenters. The van der Waals surface area contributed by atoms with Crippen molar-refractivity contribution in [3.05, 3.63) is 239 Å². The van der Waals surface area contributed by atoms with Crippen molar-refractivity contribution in [3.8, 4) is 22.3 Å². The Balaban J connectivity index is 1.09. The lowest BCUT2D eigenvalue weighted by Crippen LogP contribution is -2.64. The fraction of sp³-hybridized carbons (Fsp3) is 0.270. The quantitative estimate of drug-likeness (QED) is 0.163. The van der Waals surface area contributed by atoms with Crippen LogP contribution in [0.1, 0.15) is 127 Å². The third-order valence-corrected chi connectivity index (χ3v) is 20.8. The Morgan fingerprint density at radius 3 is 1.53 bits per heavy atom. The lowest BCUT2D eigenvalue weighted by Gasteiger charge is -2.54. The zero-order valence-electron chi connectivity index (χ0n) is 47.2. The standard InChI is InChI=1S/C74H70BN3/c1-69(2,3)53-32-36-63-59(42-53)71(7)39-37-50-25-17-19-27-57(50)73(71,9)77(63)56-45-65-67-66(46-56)78-68-60(72(8)40-38-51-26-18-20-28-58(51)74(72,78)10)43-54(70(4,5)6)44-62(68)75(67)61-41-52(48-23-15-12-16-24-48)31-35-64(61)76(65)55-33-29-49(30-34-55)47-21-13-11-14-22-47/h11-36,41-46H,37-40H2,1-10H3. The predicted molar refractivity (Wildman–Crippen MR) is 330 cm³/mol. The summed E-state index contributed by atoms with van der Waals surface area (Å²) in [6.45, 7) is 24.7. The minimum atomic E-state index is -0.402. The fourth-order valence-corrected chi connectivity index (χ4v) is 16.2. The second kappa shape index (κ2) is 16.0. The van der Waals surface area contributed by atoms with Gasteiger partial charge in [-0.15, -0.1) is 0 Å². The lowest BCUT2D eigenvalue weighted by atomic mass is 9.33. The molecule has 0 fully saturated rings. The normalized spacial score (nSPS) is 22.9. The Morgan fingerprint density at radius 1 is 0.385 bits per heavy atom. The number of hydrogen-bond acceptors (Lipinski definition) is 3. The van der Waals surface area contributed by atoms with Crippen molar-refractivity contribution < 1.29 is 0 Å². The molecule has 0 saturated heterocycles. The fourth-order valence-electron chi connectivity index (χ4n) is 16.2. The number of fused-ring (bicyclic) bond motifs is 14. The molecular weight excluding hydrogens is 942 g/mol. The molecule has 4 unspecified atom stereocenters. The monoisotopic (exact) mass is 1010 g/mol.